The van der Waals surface area contributed by atoms with Crippen molar-refractivity contribution in [3.05, 3.63) is 34.9 Å². The van der Waals surface area contributed by atoms with Crippen LogP contribution in [-0.4, -0.2) is 24.0 Å². The van der Waals surface area contributed by atoms with E-state index in [0.29, 0.717) is 12.6 Å². The van der Waals surface area contributed by atoms with Gasteiger partial charge in [-0.15, -0.1) is 0 Å². The molecule has 1 fully saturated rings. The lowest BCUT2D eigenvalue weighted by molar-refractivity contribution is 0.188. The summed E-state index contributed by atoms with van der Waals surface area (Å²) in [7, 11) is 0. The Morgan fingerprint density at radius 2 is 2.22 bits per heavy atom. The van der Waals surface area contributed by atoms with Crippen molar-refractivity contribution in [3.63, 3.8) is 0 Å². The molecule has 2 nitrogen and oxygen atoms in total. The zero-order valence-electron chi connectivity index (χ0n) is 11.1. The average molecular weight is 267 g/mol. The van der Waals surface area contributed by atoms with E-state index in [9.17, 15) is 0 Å². The van der Waals surface area contributed by atoms with Crippen LogP contribution in [0.1, 0.15) is 44.2 Å². The van der Waals surface area contributed by atoms with Gasteiger partial charge in [0.1, 0.15) is 0 Å². The Kier molecular flexibility index (Phi) is 5.04. The van der Waals surface area contributed by atoms with Gasteiger partial charge in [-0.2, -0.15) is 0 Å². The summed E-state index contributed by atoms with van der Waals surface area (Å²) in [6.45, 7) is 4.05. The molecule has 0 heterocycles. The second kappa shape index (κ2) is 6.55. The topological polar surface area (TPSA) is 29.3 Å². The van der Waals surface area contributed by atoms with Crippen LogP contribution in [0.25, 0.3) is 0 Å². The molecule has 0 saturated heterocycles. The molecule has 1 saturated carbocycles. The van der Waals surface area contributed by atoms with E-state index in [4.69, 9.17) is 17.3 Å². The minimum Gasteiger partial charge on any atom is -0.329 e. The highest BCUT2D eigenvalue weighted by Gasteiger charge is 2.33. The van der Waals surface area contributed by atoms with Gasteiger partial charge in [-0.25, -0.2) is 0 Å². The average Bonchev–Trinajstić information content (AvgIpc) is 3.18. The van der Waals surface area contributed by atoms with Crippen LogP contribution in [0.2, 0.25) is 5.02 Å². The lowest BCUT2D eigenvalue weighted by atomic mass is 10.0. The molecule has 1 unspecified atom stereocenters. The minimum atomic E-state index is 0.322. The van der Waals surface area contributed by atoms with Crippen LogP contribution in [0.3, 0.4) is 0 Å². The van der Waals surface area contributed by atoms with Crippen molar-refractivity contribution in [2.24, 2.45) is 5.73 Å². The third-order valence-electron chi connectivity index (χ3n) is 3.64. The van der Waals surface area contributed by atoms with E-state index in [1.54, 1.807) is 0 Å². The van der Waals surface area contributed by atoms with Crippen LogP contribution in [0.5, 0.6) is 0 Å². The van der Waals surface area contributed by atoms with E-state index < -0.39 is 0 Å². The summed E-state index contributed by atoms with van der Waals surface area (Å²) in [4.78, 5) is 2.58. The Hall–Kier alpha value is -0.570. The Morgan fingerprint density at radius 1 is 1.44 bits per heavy atom. The smallest absolute Gasteiger partial charge is 0.0473 e. The third kappa shape index (κ3) is 3.47. The van der Waals surface area contributed by atoms with Gasteiger partial charge < -0.3 is 5.73 Å². The Morgan fingerprint density at radius 3 is 2.78 bits per heavy atom. The standard InChI is InChI=1S/C15H23ClN2/c1-2-3-9-18(14-7-8-14)15(11-17)12-5-4-6-13(16)10-12/h4-6,10,14-15H,2-3,7-9,11,17H2,1H3. The number of hydrogen-bond donors (Lipinski definition) is 1. The van der Waals surface area contributed by atoms with Crippen LogP contribution in [0.4, 0.5) is 0 Å². The predicted molar refractivity (Wildman–Crippen MR) is 77.9 cm³/mol. The molecule has 1 aliphatic rings. The summed E-state index contributed by atoms with van der Waals surface area (Å²) in [6.07, 6.45) is 5.12. The summed E-state index contributed by atoms with van der Waals surface area (Å²) < 4.78 is 0. The normalized spacial score (nSPS) is 17.1. The second-order valence-corrected chi connectivity index (χ2v) is 5.57. The molecule has 0 amide bonds. The maximum absolute atomic E-state index is 6.09. The molecule has 0 bridgehead atoms. The summed E-state index contributed by atoms with van der Waals surface area (Å²) in [5, 5.41) is 0.803. The van der Waals surface area contributed by atoms with Gasteiger partial charge in [-0.1, -0.05) is 37.1 Å². The summed E-state index contributed by atoms with van der Waals surface area (Å²) in [6, 6.07) is 9.20. The third-order valence-corrected chi connectivity index (χ3v) is 3.88. The van der Waals surface area contributed by atoms with Crippen LogP contribution in [-0.2, 0) is 0 Å². The van der Waals surface area contributed by atoms with E-state index in [1.807, 2.05) is 12.1 Å². The summed E-state index contributed by atoms with van der Waals surface area (Å²) in [5.41, 5.74) is 7.27. The van der Waals surface area contributed by atoms with Crippen molar-refractivity contribution in [2.45, 2.75) is 44.7 Å². The highest BCUT2D eigenvalue weighted by Crippen LogP contribution is 2.34. The number of hydrogen-bond acceptors (Lipinski definition) is 2. The summed E-state index contributed by atoms with van der Waals surface area (Å²) in [5.74, 6) is 0. The molecule has 0 radical (unpaired) electrons. The first-order chi connectivity index (χ1) is 8.76. The van der Waals surface area contributed by atoms with E-state index in [0.717, 1.165) is 17.6 Å². The fraction of sp³-hybridized carbons (Fsp3) is 0.600. The lowest BCUT2D eigenvalue weighted by Crippen LogP contribution is -2.36. The molecule has 1 aliphatic carbocycles. The van der Waals surface area contributed by atoms with E-state index in [2.05, 4.69) is 24.0 Å². The van der Waals surface area contributed by atoms with Crippen molar-refractivity contribution < 1.29 is 0 Å². The number of rotatable bonds is 7. The lowest BCUT2D eigenvalue weighted by Gasteiger charge is -2.31. The van der Waals surface area contributed by atoms with Crippen LogP contribution in [0.15, 0.2) is 24.3 Å². The minimum absolute atomic E-state index is 0.322. The van der Waals surface area contributed by atoms with Gasteiger partial charge in [-0.05, 0) is 43.5 Å². The van der Waals surface area contributed by atoms with Gasteiger partial charge in [0.15, 0.2) is 0 Å². The molecular weight excluding hydrogens is 244 g/mol. The number of nitrogens with zero attached hydrogens (tertiary/aromatic N) is 1. The number of nitrogens with two attached hydrogens (primary N) is 1. The molecule has 100 valence electrons. The van der Waals surface area contributed by atoms with Crippen molar-refractivity contribution in [3.8, 4) is 0 Å². The van der Waals surface area contributed by atoms with Gasteiger partial charge >= 0.3 is 0 Å². The van der Waals surface area contributed by atoms with E-state index in [1.165, 1.54) is 31.2 Å². The van der Waals surface area contributed by atoms with Gasteiger partial charge in [-0.3, -0.25) is 4.90 Å². The molecule has 0 aliphatic heterocycles. The molecule has 1 atom stereocenters. The van der Waals surface area contributed by atoms with Crippen molar-refractivity contribution in [2.75, 3.05) is 13.1 Å². The van der Waals surface area contributed by atoms with Gasteiger partial charge in [0.2, 0.25) is 0 Å². The molecule has 0 spiro atoms. The maximum atomic E-state index is 6.09. The molecule has 1 aromatic carbocycles. The number of benzene rings is 1. The second-order valence-electron chi connectivity index (χ2n) is 5.13. The first-order valence-corrected chi connectivity index (χ1v) is 7.35. The quantitative estimate of drug-likeness (QED) is 0.817. The van der Waals surface area contributed by atoms with E-state index in [-0.39, 0.29) is 0 Å². The zero-order chi connectivity index (χ0) is 13.0. The van der Waals surface area contributed by atoms with Crippen LogP contribution in [0, 0.1) is 0 Å². The highest BCUT2D eigenvalue weighted by molar-refractivity contribution is 6.30. The molecule has 0 aromatic heterocycles. The molecule has 1 aromatic rings. The monoisotopic (exact) mass is 266 g/mol. The molecule has 3 heteroatoms. The van der Waals surface area contributed by atoms with Crippen molar-refractivity contribution in [1.82, 2.24) is 4.90 Å². The SMILES string of the molecule is CCCCN(C1CC1)C(CN)c1cccc(Cl)c1. The van der Waals surface area contributed by atoms with Gasteiger partial charge in [0.25, 0.3) is 0 Å². The van der Waals surface area contributed by atoms with Crippen LogP contribution >= 0.6 is 11.6 Å². The Labute approximate surface area is 115 Å². The van der Waals surface area contributed by atoms with Crippen molar-refractivity contribution >= 4 is 11.6 Å². The Balaban J connectivity index is 2.13. The molecule has 2 rings (SSSR count). The van der Waals surface area contributed by atoms with Crippen molar-refractivity contribution in [1.29, 1.82) is 0 Å². The molecule has 2 N–H and O–H groups in total. The number of unbranched alkanes of at least 4 members (excludes halogenated alkanes) is 1. The van der Waals surface area contributed by atoms with Gasteiger partial charge in [0.05, 0.1) is 0 Å². The zero-order valence-corrected chi connectivity index (χ0v) is 11.9. The molecular formula is C15H23ClN2. The fourth-order valence-corrected chi connectivity index (χ4v) is 2.72. The number of halogens is 1. The fourth-order valence-electron chi connectivity index (χ4n) is 2.52. The summed E-state index contributed by atoms with van der Waals surface area (Å²) >= 11 is 6.09. The Bertz CT molecular complexity index is 377. The first kappa shape index (κ1) is 13.9. The van der Waals surface area contributed by atoms with Crippen LogP contribution < -0.4 is 5.73 Å². The maximum Gasteiger partial charge on any atom is 0.0473 e. The predicted octanol–water partition coefficient (Wildman–Crippen LogP) is 3.60. The molecule has 18 heavy (non-hydrogen) atoms. The van der Waals surface area contributed by atoms with E-state index >= 15 is 0 Å². The highest BCUT2D eigenvalue weighted by atomic mass is 35.5. The largest absolute Gasteiger partial charge is 0.329 e. The van der Waals surface area contributed by atoms with Gasteiger partial charge in [0, 0.05) is 23.7 Å². The first-order valence-electron chi connectivity index (χ1n) is 6.97.